The molecule has 0 bridgehead atoms. The number of nitrogens with zero attached hydrogens (tertiary/aromatic N) is 5. The van der Waals surface area contributed by atoms with Crippen LogP contribution in [0.2, 0.25) is 0 Å². The van der Waals surface area contributed by atoms with Gasteiger partial charge in [0.15, 0.2) is 0 Å². The van der Waals surface area contributed by atoms with Crippen molar-refractivity contribution in [1.29, 1.82) is 0 Å². The number of nitrogens with two attached hydrogens (primary N) is 1. The smallest absolute Gasteiger partial charge is 0.331 e. The molecule has 1 saturated heterocycles. The molecule has 1 aromatic heterocycles. The molecule has 1 unspecified atom stereocenters. The summed E-state index contributed by atoms with van der Waals surface area (Å²) < 4.78 is 23.8. The predicted molar refractivity (Wildman–Crippen MR) is 180 cm³/mol. The molecule has 252 valence electrons. The molecule has 1 atom stereocenters. The number of rotatable bonds is 18. The first kappa shape index (κ1) is 35.3. The molecule has 13 heteroatoms. The molecule has 2 aliphatic carbocycles. The fraction of sp³-hybridized carbons (Fsp3) is 0.903. The SMILES string of the molecule is CCOP(=O)(CCN1CCN(c2nc(N)nc(NCC3CCC(CNCCCNC4CCCCC4)CC3)n2)CC1C)OCC. The quantitative estimate of drug-likeness (QED) is 0.134. The third-order valence-corrected chi connectivity index (χ3v) is 11.6. The lowest BCUT2D eigenvalue weighted by Crippen LogP contribution is -2.53. The van der Waals surface area contributed by atoms with E-state index < -0.39 is 7.60 Å². The highest BCUT2D eigenvalue weighted by atomic mass is 31.2. The Morgan fingerprint density at radius 1 is 0.909 bits per heavy atom. The Kier molecular flexibility index (Phi) is 14.9. The van der Waals surface area contributed by atoms with Crippen molar-refractivity contribution in [2.75, 3.05) is 87.7 Å². The van der Waals surface area contributed by atoms with Gasteiger partial charge < -0.3 is 35.6 Å². The maximum atomic E-state index is 12.9. The molecule has 0 aromatic carbocycles. The second kappa shape index (κ2) is 18.6. The summed E-state index contributed by atoms with van der Waals surface area (Å²) >= 11 is 0. The van der Waals surface area contributed by atoms with Gasteiger partial charge in [0, 0.05) is 44.8 Å². The number of nitrogen functional groups attached to an aromatic ring is 1. The van der Waals surface area contributed by atoms with Gasteiger partial charge in [-0.2, -0.15) is 15.0 Å². The Balaban J connectivity index is 1.13. The van der Waals surface area contributed by atoms with Crippen molar-refractivity contribution in [1.82, 2.24) is 30.5 Å². The molecule has 0 spiro atoms. The first-order valence-electron chi connectivity index (χ1n) is 17.4. The fourth-order valence-electron chi connectivity index (χ4n) is 6.93. The third-order valence-electron chi connectivity index (χ3n) is 9.52. The molecule has 4 rings (SSSR count). The van der Waals surface area contributed by atoms with E-state index in [1.54, 1.807) is 0 Å². The van der Waals surface area contributed by atoms with Crippen LogP contribution in [-0.4, -0.2) is 104 Å². The molecule has 1 aromatic rings. The summed E-state index contributed by atoms with van der Waals surface area (Å²) in [7, 11) is -3.05. The summed E-state index contributed by atoms with van der Waals surface area (Å²) in [4.78, 5) is 18.1. The van der Waals surface area contributed by atoms with Crippen LogP contribution in [0.15, 0.2) is 0 Å². The number of hydrogen-bond acceptors (Lipinski definition) is 12. The lowest BCUT2D eigenvalue weighted by Gasteiger charge is -2.40. The van der Waals surface area contributed by atoms with Gasteiger partial charge in [0.2, 0.25) is 17.8 Å². The molecule has 44 heavy (non-hydrogen) atoms. The Hall–Kier alpha value is -1.56. The molecular formula is C31H60N9O3P. The molecule has 2 saturated carbocycles. The molecule has 12 nitrogen and oxygen atoms in total. The third kappa shape index (κ3) is 11.7. The monoisotopic (exact) mass is 637 g/mol. The second-order valence-electron chi connectivity index (χ2n) is 12.9. The zero-order chi connectivity index (χ0) is 31.2. The first-order valence-corrected chi connectivity index (χ1v) is 19.2. The molecule has 1 aliphatic heterocycles. The minimum absolute atomic E-state index is 0.234. The van der Waals surface area contributed by atoms with Crippen LogP contribution in [0.5, 0.6) is 0 Å². The van der Waals surface area contributed by atoms with E-state index in [0.29, 0.717) is 43.7 Å². The van der Waals surface area contributed by atoms with Gasteiger partial charge in [0.25, 0.3) is 0 Å². The zero-order valence-electron chi connectivity index (χ0n) is 27.6. The predicted octanol–water partition coefficient (Wildman–Crippen LogP) is 4.35. The Labute approximate surface area is 265 Å². The van der Waals surface area contributed by atoms with Crippen LogP contribution in [0.3, 0.4) is 0 Å². The van der Waals surface area contributed by atoms with Crippen molar-refractivity contribution < 1.29 is 13.6 Å². The van der Waals surface area contributed by atoms with Crippen LogP contribution in [0.4, 0.5) is 17.8 Å². The molecule has 5 N–H and O–H groups in total. The van der Waals surface area contributed by atoms with Crippen LogP contribution in [-0.2, 0) is 13.6 Å². The summed E-state index contributed by atoms with van der Waals surface area (Å²) in [6.07, 6.45) is 13.6. The standard InChI is InChI=1S/C31H60N9O3P/c1-4-42-44(41,43-5-2)21-20-39-18-19-40(24-25(39)3)31-37-29(32)36-30(38-31)35-23-27-14-12-26(13-15-27)22-33-16-9-17-34-28-10-7-6-8-11-28/h25-28,33-34H,4-24H2,1-3H3,(H3,32,35,36,37,38). The molecular weight excluding hydrogens is 577 g/mol. The van der Waals surface area contributed by atoms with Gasteiger partial charge in [0.1, 0.15) is 0 Å². The number of nitrogens with one attached hydrogen (secondary N) is 3. The number of piperazine rings is 1. The summed E-state index contributed by atoms with van der Waals surface area (Å²) in [5.74, 6) is 2.82. The second-order valence-corrected chi connectivity index (χ2v) is 15.1. The van der Waals surface area contributed by atoms with Crippen LogP contribution in [0.25, 0.3) is 0 Å². The van der Waals surface area contributed by atoms with E-state index in [0.717, 1.165) is 57.8 Å². The van der Waals surface area contributed by atoms with Crippen molar-refractivity contribution in [2.45, 2.75) is 97.1 Å². The number of hydrogen-bond donors (Lipinski definition) is 4. The Morgan fingerprint density at radius 3 is 2.30 bits per heavy atom. The lowest BCUT2D eigenvalue weighted by molar-refractivity contribution is 0.183. The minimum atomic E-state index is -3.05. The number of anilines is 3. The van der Waals surface area contributed by atoms with Crippen molar-refractivity contribution in [2.24, 2.45) is 11.8 Å². The average molecular weight is 638 g/mol. The van der Waals surface area contributed by atoms with Crippen molar-refractivity contribution in [3.05, 3.63) is 0 Å². The van der Waals surface area contributed by atoms with Gasteiger partial charge in [-0.3, -0.25) is 9.46 Å². The first-order chi connectivity index (χ1) is 21.4. The van der Waals surface area contributed by atoms with Gasteiger partial charge >= 0.3 is 7.60 Å². The van der Waals surface area contributed by atoms with E-state index in [4.69, 9.17) is 19.8 Å². The molecule has 0 amide bonds. The maximum Gasteiger partial charge on any atom is 0.331 e. The van der Waals surface area contributed by atoms with Crippen LogP contribution < -0.4 is 26.6 Å². The van der Waals surface area contributed by atoms with E-state index in [9.17, 15) is 4.57 Å². The Bertz CT molecular complexity index is 998. The van der Waals surface area contributed by atoms with Crippen molar-refractivity contribution >= 4 is 25.4 Å². The summed E-state index contributed by atoms with van der Waals surface area (Å²) in [6.45, 7) is 13.9. The van der Waals surface area contributed by atoms with E-state index >= 15 is 0 Å². The minimum Gasteiger partial charge on any atom is -0.368 e. The van der Waals surface area contributed by atoms with Gasteiger partial charge in [-0.05, 0) is 97.2 Å². The highest BCUT2D eigenvalue weighted by Gasteiger charge is 2.30. The molecule has 2 heterocycles. The largest absolute Gasteiger partial charge is 0.368 e. The summed E-state index contributed by atoms with van der Waals surface area (Å²) in [5.41, 5.74) is 6.11. The number of aromatic nitrogens is 3. The maximum absolute atomic E-state index is 12.9. The average Bonchev–Trinajstić information content (AvgIpc) is 3.02. The van der Waals surface area contributed by atoms with E-state index in [1.807, 2.05) is 13.8 Å². The van der Waals surface area contributed by atoms with E-state index in [2.05, 4.69) is 42.6 Å². The lowest BCUT2D eigenvalue weighted by atomic mass is 9.82. The van der Waals surface area contributed by atoms with Crippen molar-refractivity contribution in [3.8, 4) is 0 Å². The summed E-state index contributed by atoms with van der Waals surface area (Å²) in [5, 5.41) is 10.9. The van der Waals surface area contributed by atoms with Crippen LogP contribution in [0.1, 0.15) is 85.0 Å². The molecule has 3 fully saturated rings. The zero-order valence-corrected chi connectivity index (χ0v) is 28.5. The fourth-order valence-corrected chi connectivity index (χ4v) is 8.55. The molecule has 3 aliphatic rings. The highest BCUT2D eigenvalue weighted by Crippen LogP contribution is 2.47. The normalized spacial score (nSPS) is 24.1. The van der Waals surface area contributed by atoms with Gasteiger partial charge in [-0.15, -0.1) is 0 Å². The summed E-state index contributed by atoms with van der Waals surface area (Å²) in [6, 6.07) is 0.997. The van der Waals surface area contributed by atoms with Crippen LogP contribution >= 0.6 is 7.60 Å². The van der Waals surface area contributed by atoms with Crippen molar-refractivity contribution in [3.63, 3.8) is 0 Å². The van der Waals surface area contributed by atoms with Gasteiger partial charge in [-0.1, -0.05) is 19.3 Å². The highest BCUT2D eigenvalue weighted by molar-refractivity contribution is 7.53. The van der Waals surface area contributed by atoms with E-state index in [1.165, 1.54) is 64.2 Å². The van der Waals surface area contributed by atoms with E-state index in [-0.39, 0.29) is 12.0 Å². The Morgan fingerprint density at radius 2 is 1.61 bits per heavy atom. The molecule has 0 radical (unpaired) electrons. The van der Waals surface area contributed by atoms with Crippen LogP contribution in [0, 0.1) is 11.8 Å². The van der Waals surface area contributed by atoms with Gasteiger partial charge in [-0.25, -0.2) is 0 Å². The van der Waals surface area contributed by atoms with Gasteiger partial charge in [0.05, 0.1) is 19.4 Å². The topological polar surface area (TPSA) is 143 Å².